The van der Waals surface area contributed by atoms with Gasteiger partial charge in [-0.15, -0.1) is 0 Å². The molecular weight excluding hydrogens is 180 g/mol. The van der Waals surface area contributed by atoms with Gasteiger partial charge in [0.15, 0.2) is 5.96 Å². The molecule has 0 spiro atoms. The van der Waals surface area contributed by atoms with E-state index in [-0.39, 0.29) is 17.9 Å². The molecule has 5 heteroatoms. The Morgan fingerprint density at radius 1 is 1.64 bits per heavy atom. The number of hydrogen-bond acceptors (Lipinski definition) is 4. The second kappa shape index (κ2) is 4.83. The molecule has 1 heterocycles. The number of aliphatic imine (C=N–C) groups is 1. The number of nitrogens with zero attached hydrogens (tertiary/aromatic N) is 1. The standard InChI is InChI=1S/C9H18N4O/c1-6(2)7(8(10)14)13-9-11-4-3-5-12-9/h6-7H,3-5H2,1-2H3,(H2,10,14)(H2,11,12,13). The first-order valence-electron chi connectivity index (χ1n) is 4.95. The zero-order valence-corrected chi connectivity index (χ0v) is 8.71. The maximum absolute atomic E-state index is 11.1. The molecule has 0 aromatic carbocycles. The Balaban J connectivity index is 2.54. The molecule has 0 aromatic heterocycles. The molecule has 1 aliphatic rings. The van der Waals surface area contributed by atoms with Crippen molar-refractivity contribution in [3.8, 4) is 0 Å². The van der Waals surface area contributed by atoms with E-state index in [0.29, 0.717) is 5.96 Å². The highest BCUT2D eigenvalue weighted by Gasteiger charge is 2.20. The van der Waals surface area contributed by atoms with E-state index < -0.39 is 0 Å². The molecule has 5 nitrogen and oxygen atoms in total. The lowest BCUT2D eigenvalue weighted by atomic mass is 10.0. The van der Waals surface area contributed by atoms with Crippen molar-refractivity contribution in [1.29, 1.82) is 0 Å². The zero-order valence-electron chi connectivity index (χ0n) is 8.71. The number of rotatable bonds is 3. The lowest BCUT2D eigenvalue weighted by molar-refractivity contribution is -0.120. The Kier molecular flexibility index (Phi) is 3.73. The average molecular weight is 198 g/mol. The summed E-state index contributed by atoms with van der Waals surface area (Å²) < 4.78 is 0. The predicted octanol–water partition coefficient (Wildman–Crippen LogP) is -0.565. The fourth-order valence-electron chi connectivity index (χ4n) is 1.34. The minimum absolute atomic E-state index is 0.166. The molecule has 1 atom stereocenters. The molecule has 1 amide bonds. The third-order valence-electron chi connectivity index (χ3n) is 2.16. The van der Waals surface area contributed by atoms with E-state index >= 15 is 0 Å². The van der Waals surface area contributed by atoms with Crippen molar-refractivity contribution >= 4 is 11.9 Å². The summed E-state index contributed by atoms with van der Waals surface area (Å²) in [7, 11) is 0. The van der Waals surface area contributed by atoms with Crippen molar-refractivity contribution in [1.82, 2.24) is 10.6 Å². The van der Waals surface area contributed by atoms with Gasteiger partial charge in [-0.25, -0.2) is 0 Å². The largest absolute Gasteiger partial charge is 0.368 e. The minimum Gasteiger partial charge on any atom is -0.368 e. The summed E-state index contributed by atoms with van der Waals surface area (Å²) in [6.07, 6.45) is 1.04. The number of hydrogen-bond donors (Lipinski definition) is 3. The van der Waals surface area contributed by atoms with Gasteiger partial charge in [0.25, 0.3) is 0 Å². The molecule has 1 unspecified atom stereocenters. The second-order valence-corrected chi connectivity index (χ2v) is 3.78. The van der Waals surface area contributed by atoms with Crippen LogP contribution in [0.1, 0.15) is 20.3 Å². The van der Waals surface area contributed by atoms with Crippen LogP contribution in [0.5, 0.6) is 0 Å². The van der Waals surface area contributed by atoms with Gasteiger partial charge in [0.05, 0.1) is 0 Å². The van der Waals surface area contributed by atoms with Crippen LogP contribution in [0.25, 0.3) is 0 Å². The van der Waals surface area contributed by atoms with Gasteiger partial charge in [-0.2, -0.15) is 0 Å². The third kappa shape index (κ3) is 2.90. The van der Waals surface area contributed by atoms with Crippen LogP contribution in [0.4, 0.5) is 0 Å². The van der Waals surface area contributed by atoms with Gasteiger partial charge in [0.1, 0.15) is 6.04 Å². The molecule has 0 saturated heterocycles. The van der Waals surface area contributed by atoms with E-state index in [1.807, 2.05) is 13.8 Å². The van der Waals surface area contributed by atoms with Crippen molar-refractivity contribution in [3.63, 3.8) is 0 Å². The first kappa shape index (κ1) is 10.8. The number of nitrogens with one attached hydrogen (secondary N) is 2. The predicted molar refractivity (Wildman–Crippen MR) is 55.9 cm³/mol. The number of carbonyl (C=O) groups is 1. The molecule has 4 N–H and O–H groups in total. The highest BCUT2D eigenvalue weighted by molar-refractivity contribution is 5.88. The maximum Gasteiger partial charge on any atom is 0.240 e. The van der Waals surface area contributed by atoms with Crippen molar-refractivity contribution in [2.45, 2.75) is 26.3 Å². The molecule has 1 rings (SSSR count). The van der Waals surface area contributed by atoms with E-state index in [1.165, 1.54) is 0 Å². The number of primary amides is 1. The first-order valence-corrected chi connectivity index (χ1v) is 4.95. The molecule has 0 aliphatic carbocycles. The number of carbonyl (C=O) groups excluding carboxylic acids is 1. The fourth-order valence-corrected chi connectivity index (χ4v) is 1.34. The quantitative estimate of drug-likeness (QED) is 0.568. The minimum atomic E-state index is -0.348. The Bertz CT molecular complexity index is 237. The smallest absolute Gasteiger partial charge is 0.240 e. The van der Waals surface area contributed by atoms with Crippen molar-refractivity contribution in [2.24, 2.45) is 16.6 Å². The monoisotopic (exact) mass is 198 g/mol. The van der Waals surface area contributed by atoms with Crippen LogP contribution in [0.2, 0.25) is 0 Å². The third-order valence-corrected chi connectivity index (χ3v) is 2.16. The van der Waals surface area contributed by atoms with Gasteiger partial charge in [-0.05, 0) is 12.3 Å². The maximum atomic E-state index is 11.1. The van der Waals surface area contributed by atoms with Crippen LogP contribution in [-0.2, 0) is 4.79 Å². The molecule has 0 saturated carbocycles. The molecule has 0 fully saturated rings. The Labute approximate surface area is 84.1 Å². The van der Waals surface area contributed by atoms with Crippen molar-refractivity contribution < 1.29 is 4.79 Å². The SMILES string of the molecule is CC(C)C(NC1=NCCCN1)C(N)=O. The van der Waals surface area contributed by atoms with Gasteiger partial charge in [0, 0.05) is 13.1 Å². The Morgan fingerprint density at radius 2 is 2.36 bits per heavy atom. The summed E-state index contributed by atoms with van der Waals surface area (Å²) in [4.78, 5) is 15.3. The average Bonchev–Trinajstić information content (AvgIpc) is 2.15. The van der Waals surface area contributed by atoms with Crippen LogP contribution in [-0.4, -0.2) is 31.0 Å². The van der Waals surface area contributed by atoms with Gasteiger partial charge >= 0.3 is 0 Å². The van der Waals surface area contributed by atoms with Gasteiger partial charge < -0.3 is 16.4 Å². The van der Waals surface area contributed by atoms with Crippen LogP contribution >= 0.6 is 0 Å². The van der Waals surface area contributed by atoms with Gasteiger partial charge in [0.2, 0.25) is 5.91 Å². The van der Waals surface area contributed by atoms with E-state index in [1.54, 1.807) is 0 Å². The molecule has 0 aromatic rings. The first-order chi connectivity index (χ1) is 6.61. The molecule has 0 bridgehead atoms. The van der Waals surface area contributed by atoms with E-state index in [0.717, 1.165) is 19.5 Å². The topological polar surface area (TPSA) is 79.5 Å². The number of nitrogens with two attached hydrogens (primary N) is 1. The molecule has 14 heavy (non-hydrogen) atoms. The normalized spacial score (nSPS) is 18.4. The Morgan fingerprint density at radius 3 is 2.79 bits per heavy atom. The lowest BCUT2D eigenvalue weighted by Crippen LogP contribution is -2.52. The fraction of sp³-hybridized carbons (Fsp3) is 0.778. The van der Waals surface area contributed by atoms with Crippen LogP contribution in [0, 0.1) is 5.92 Å². The molecule has 1 aliphatic heterocycles. The summed E-state index contributed by atoms with van der Waals surface area (Å²) in [5.41, 5.74) is 5.27. The highest BCUT2D eigenvalue weighted by Crippen LogP contribution is 2.01. The lowest BCUT2D eigenvalue weighted by Gasteiger charge is -2.23. The van der Waals surface area contributed by atoms with Crippen molar-refractivity contribution in [2.75, 3.05) is 13.1 Å². The number of amides is 1. The van der Waals surface area contributed by atoms with Crippen LogP contribution in [0.15, 0.2) is 4.99 Å². The van der Waals surface area contributed by atoms with Crippen LogP contribution < -0.4 is 16.4 Å². The van der Waals surface area contributed by atoms with Crippen molar-refractivity contribution in [3.05, 3.63) is 0 Å². The zero-order chi connectivity index (χ0) is 10.6. The molecule has 0 radical (unpaired) electrons. The second-order valence-electron chi connectivity index (χ2n) is 3.78. The summed E-state index contributed by atoms with van der Waals surface area (Å²) in [6, 6.07) is -0.348. The van der Waals surface area contributed by atoms with Gasteiger partial charge in [-0.3, -0.25) is 9.79 Å². The highest BCUT2D eigenvalue weighted by atomic mass is 16.1. The number of guanidine groups is 1. The van der Waals surface area contributed by atoms with E-state index in [9.17, 15) is 4.79 Å². The Hall–Kier alpha value is -1.26. The summed E-state index contributed by atoms with van der Waals surface area (Å²) in [5.74, 6) is 0.516. The van der Waals surface area contributed by atoms with E-state index in [4.69, 9.17) is 5.73 Å². The summed E-state index contributed by atoms with van der Waals surface area (Å²) in [6.45, 7) is 5.60. The molecular formula is C9H18N4O. The molecule has 80 valence electrons. The van der Waals surface area contributed by atoms with E-state index in [2.05, 4.69) is 15.6 Å². The summed E-state index contributed by atoms with van der Waals surface area (Å²) in [5, 5.41) is 6.11. The van der Waals surface area contributed by atoms with Crippen LogP contribution in [0.3, 0.4) is 0 Å². The van der Waals surface area contributed by atoms with Gasteiger partial charge in [-0.1, -0.05) is 13.8 Å². The summed E-state index contributed by atoms with van der Waals surface area (Å²) >= 11 is 0.